The Morgan fingerprint density at radius 2 is 2.06 bits per heavy atom. The third-order valence-electron chi connectivity index (χ3n) is 2.62. The lowest BCUT2D eigenvalue weighted by Crippen LogP contribution is -2.07. The summed E-state index contributed by atoms with van der Waals surface area (Å²) >= 11 is 0. The minimum absolute atomic E-state index is 0.190. The van der Waals surface area contributed by atoms with Crippen LogP contribution >= 0.6 is 0 Å². The fourth-order valence-corrected chi connectivity index (χ4v) is 2.56. The molecule has 0 atom stereocenters. The molecule has 18 heavy (non-hydrogen) atoms. The predicted octanol–water partition coefficient (Wildman–Crippen LogP) is 3.62. The van der Waals surface area contributed by atoms with Gasteiger partial charge in [0.15, 0.2) is 0 Å². The minimum Gasteiger partial charge on any atom is -0.266 e. The molecule has 0 heterocycles. The quantitative estimate of drug-likeness (QED) is 0.534. The van der Waals surface area contributed by atoms with Gasteiger partial charge in [-0.25, -0.2) is 0 Å². The molecule has 0 aromatic heterocycles. The highest BCUT2D eigenvalue weighted by Gasteiger charge is 2.14. The van der Waals surface area contributed by atoms with Gasteiger partial charge in [-0.2, -0.15) is 8.42 Å². The van der Waals surface area contributed by atoms with Gasteiger partial charge in [-0.1, -0.05) is 51.0 Å². The van der Waals surface area contributed by atoms with Crippen molar-refractivity contribution in [1.29, 1.82) is 0 Å². The van der Waals surface area contributed by atoms with Crippen LogP contribution in [0.1, 0.15) is 38.2 Å². The van der Waals surface area contributed by atoms with Crippen LogP contribution in [0, 0.1) is 0 Å². The summed E-state index contributed by atoms with van der Waals surface area (Å²) in [6.45, 7) is 5.97. The Balaban J connectivity index is 2.59. The Kier molecular flexibility index (Phi) is 6.09. The number of rotatable bonds is 8. The van der Waals surface area contributed by atoms with Crippen molar-refractivity contribution in [3.63, 3.8) is 0 Å². The molecule has 0 N–H and O–H groups in total. The van der Waals surface area contributed by atoms with Gasteiger partial charge in [-0.3, -0.25) is 4.18 Å². The molecule has 0 spiro atoms. The highest BCUT2D eigenvalue weighted by atomic mass is 32.2. The molecule has 1 rings (SSSR count). The fraction of sp³-hybridized carbons (Fsp3) is 0.429. The highest BCUT2D eigenvalue weighted by molar-refractivity contribution is 7.86. The number of hydrogen-bond donors (Lipinski definition) is 0. The molecule has 0 amide bonds. The number of benzene rings is 1. The second-order valence-corrected chi connectivity index (χ2v) is 5.73. The SMILES string of the molecule is C=Cc1cccc(S(=O)(=O)OCCCCCC)c1. The maximum Gasteiger partial charge on any atom is 0.296 e. The molecule has 100 valence electrons. The average molecular weight is 268 g/mol. The number of hydrogen-bond acceptors (Lipinski definition) is 3. The molecule has 3 nitrogen and oxygen atoms in total. The van der Waals surface area contributed by atoms with Gasteiger partial charge >= 0.3 is 0 Å². The fourth-order valence-electron chi connectivity index (χ4n) is 1.56. The van der Waals surface area contributed by atoms with Crippen LogP contribution in [0.15, 0.2) is 35.7 Å². The zero-order valence-corrected chi connectivity index (χ0v) is 11.6. The van der Waals surface area contributed by atoms with Crippen LogP contribution in [-0.2, 0) is 14.3 Å². The molecule has 0 saturated carbocycles. The van der Waals surface area contributed by atoms with E-state index < -0.39 is 10.1 Å². The van der Waals surface area contributed by atoms with Gasteiger partial charge in [-0.05, 0) is 24.1 Å². The van der Waals surface area contributed by atoms with Crippen molar-refractivity contribution in [2.45, 2.75) is 37.5 Å². The van der Waals surface area contributed by atoms with E-state index in [0.29, 0.717) is 0 Å². The molecule has 0 aliphatic heterocycles. The zero-order chi connectivity index (χ0) is 13.4. The van der Waals surface area contributed by atoms with E-state index in [1.165, 1.54) is 6.07 Å². The van der Waals surface area contributed by atoms with Gasteiger partial charge in [0.25, 0.3) is 10.1 Å². The van der Waals surface area contributed by atoms with Gasteiger partial charge in [-0.15, -0.1) is 0 Å². The summed E-state index contributed by atoms with van der Waals surface area (Å²) in [7, 11) is -3.63. The summed E-state index contributed by atoms with van der Waals surface area (Å²) in [5, 5.41) is 0. The van der Waals surface area contributed by atoms with Gasteiger partial charge in [0.1, 0.15) is 0 Å². The lowest BCUT2D eigenvalue weighted by atomic mass is 10.2. The highest BCUT2D eigenvalue weighted by Crippen LogP contribution is 2.15. The average Bonchev–Trinajstić information content (AvgIpc) is 2.38. The normalized spacial score (nSPS) is 11.4. The molecule has 1 aromatic carbocycles. The van der Waals surface area contributed by atoms with Crippen LogP contribution < -0.4 is 0 Å². The summed E-state index contributed by atoms with van der Waals surface area (Å²) in [4.78, 5) is 0.190. The second-order valence-electron chi connectivity index (χ2n) is 4.11. The maximum atomic E-state index is 11.9. The Labute approximate surface area is 110 Å². The van der Waals surface area contributed by atoms with Crippen molar-refractivity contribution in [1.82, 2.24) is 0 Å². The van der Waals surface area contributed by atoms with E-state index in [2.05, 4.69) is 13.5 Å². The van der Waals surface area contributed by atoms with Gasteiger partial charge < -0.3 is 0 Å². The summed E-state index contributed by atoms with van der Waals surface area (Å²) in [6, 6.07) is 6.58. The van der Waals surface area contributed by atoms with E-state index in [1.54, 1.807) is 24.3 Å². The monoisotopic (exact) mass is 268 g/mol. The maximum absolute atomic E-state index is 11.9. The van der Waals surface area contributed by atoms with E-state index in [-0.39, 0.29) is 11.5 Å². The predicted molar refractivity (Wildman–Crippen MR) is 73.8 cm³/mol. The topological polar surface area (TPSA) is 43.4 Å². The molecule has 0 aliphatic carbocycles. The van der Waals surface area contributed by atoms with Gasteiger partial charge in [0, 0.05) is 0 Å². The molecular formula is C14H20O3S. The standard InChI is InChI=1S/C14H20O3S/c1-3-5-6-7-11-17-18(15,16)14-10-8-9-13(4-2)12-14/h4,8-10,12H,2-3,5-7,11H2,1H3. The van der Waals surface area contributed by atoms with Crippen molar-refractivity contribution in [3.05, 3.63) is 36.4 Å². The first-order chi connectivity index (χ1) is 8.60. The number of unbranched alkanes of at least 4 members (excludes halogenated alkanes) is 3. The second kappa shape index (κ2) is 7.34. The lowest BCUT2D eigenvalue weighted by molar-refractivity contribution is 0.307. The smallest absolute Gasteiger partial charge is 0.266 e. The first-order valence-electron chi connectivity index (χ1n) is 6.22. The molecule has 0 aliphatic rings. The summed E-state index contributed by atoms with van der Waals surface area (Å²) in [6.07, 6.45) is 5.61. The Hall–Kier alpha value is -1.13. The van der Waals surface area contributed by atoms with Crippen LogP contribution in [0.25, 0.3) is 6.08 Å². The first-order valence-corrected chi connectivity index (χ1v) is 7.63. The zero-order valence-electron chi connectivity index (χ0n) is 10.8. The minimum atomic E-state index is -3.63. The van der Waals surface area contributed by atoms with Gasteiger partial charge in [0.05, 0.1) is 11.5 Å². The Morgan fingerprint density at radius 1 is 1.28 bits per heavy atom. The lowest BCUT2D eigenvalue weighted by Gasteiger charge is -2.06. The third-order valence-corrected chi connectivity index (χ3v) is 3.93. The van der Waals surface area contributed by atoms with Crippen LogP contribution in [-0.4, -0.2) is 15.0 Å². The first kappa shape index (κ1) is 14.9. The van der Waals surface area contributed by atoms with E-state index >= 15 is 0 Å². The van der Waals surface area contributed by atoms with E-state index in [4.69, 9.17) is 4.18 Å². The molecule has 0 unspecified atom stereocenters. The van der Waals surface area contributed by atoms with Crippen LogP contribution in [0.2, 0.25) is 0 Å². The van der Waals surface area contributed by atoms with Crippen LogP contribution in [0.4, 0.5) is 0 Å². The molecule has 0 fully saturated rings. The van der Waals surface area contributed by atoms with E-state index in [9.17, 15) is 8.42 Å². The van der Waals surface area contributed by atoms with E-state index in [0.717, 1.165) is 31.2 Å². The Morgan fingerprint density at radius 3 is 2.72 bits per heavy atom. The molecule has 0 bridgehead atoms. The molecule has 0 radical (unpaired) electrons. The van der Waals surface area contributed by atoms with Crippen molar-refractivity contribution in [2.75, 3.05) is 6.61 Å². The molecule has 4 heteroatoms. The third kappa shape index (κ3) is 4.63. The summed E-state index contributed by atoms with van der Waals surface area (Å²) < 4.78 is 28.8. The van der Waals surface area contributed by atoms with Crippen LogP contribution in [0.5, 0.6) is 0 Å². The summed E-state index contributed by atoms with van der Waals surface area (Å²) in [5.74, 6) is 0. The van der Waals surface area contributed by atoms with Crippen molar-refractivity contribution >= 4 is 16.2 Å². The Bertz CT molecular complexity index is 478. The van der Waals surface area contributed by atoms with Crippen molar-refractivity contribution < 1.29 is 12.6 Å². The van der Waals surface area contributed by atoms with Crippen molar-refractivity contribution in [3.8, 4) is 0 Å². The van der Waals surface area contributed by atoms with E-state index in [1.807, 2.05) is 0 Å². The van der Waals surface area contributed by atoms with Gasteiger partial charge in [0.2, 0.25) is 0 Å². The molecule has 0 saturated heterocycles. The summed E-state index contributed by atoms with van der Waals surface area (Å²) in [5.41, 5.74) is 0.769. The van der Waals surface area contributed by atoms with Crippen molar-refractivity contribution in [2.24, 2.45) is 0 Å². The molecule has 1 aromatic rings. The largest absolute Gasteiger partial charge is 0.296 e. The van der Waals surface area contributed by atoms with Crippen LogP contribution in [0.3, 0.4) is 0 Å². The molecular weight excluding hydrogens is 248 g/mol.